The molecule has 1 saturated heterocycles. The average Bonchev–Trinajstić information content (AvgIpc) is 3.29. The molecule has 0 aliphatic carbocycles. The summed E-state index contributed by atoms with van der Waals surface area (Å²) in [6.45, 7) is 12.0. The number of H-pyrrole nitrogens is 1. The number of carbonyl (C=O) groups is 3. The number of aromatic amines is 1. The number of benzene rings is 1. The number of aliphatic hydroxyl groups excluding tert-OH is 1. The van der Waals surface area contributed by atoms with Crippen LogP contribution in [0.1, 0.15) is 66.1 Å². The van der Waals surface area contributed by atoms with Crippen LogP contribution in [-0.4, -0.2) is 70.3 Å². The lowest BCUT2D eigenvalue weighted by Crippen LogP contribution is -2.33. The van der Waals surface area contributed by atoms with Crippen molar-refractivity contribution in [1.82, 2.24) is 14.8 Å². The summed E-state index contributed by atoms with van der Waals surface area (Å²) in [6, 6.07) is 4.72. The summed E-state index contributed by atoms with van der Waals surface area (Å²) in [4.78, 5) is 45.3. The van der Waals surface area contributed by atoms with Gasteiger partial charge in [-0.3, -0.25) is 9.59 Å². The lowest BCUT2D eigenvalue weighted by Gasteiger charge is -2.27. The van der Waals surface area contributed by atoms with Crippen LogP contribution in [0.15, 0.2) is 29.8 Å². The molecular weight excluding hydrogens is 465 g/mol. The van der Waals surface area contributed by atoms with E-state index in [2.05, 4.69) is 23.7 Å². The van der Waals surface area contributed by atoms with Crippen molar-refractivity contribution >= 4 is 23.4 Å². The Morgan fingerprint density at radius 1 is 1.19 bits per heavy atom. The van der Waals surface area contributed by atoms with Crippen LogP contribution < -0.4 is 0 Å². The quantitative estimate of drug-likeness (QED) is 0.221. The van der Waals surface area contributed by atoms with Crippen molar-refractivity contribution in [3.63, 3.8) is 0 Å². The number of hydrogen-bond donors (Lipinski definition) is 2. The fraction of sp³-hybridized carbons (Fsp3) is 0.444. The highest BCUT2D eigenvalue weighted by atomic mass is 19.1. The van der Waals surface area contributed by atoms with Gasteiger partial charge in [-0.25, -0.2) is 9.18 Å². The summed E-state index contributed by atoms with van der Waals surface area (Å²) in [5, 5.41) is 11.4. The van der Waals surface area contributed by atoms with Crippen LogP contribution in [0.4, 0.5) is 4.39 Å². The van der Waals surface area contributed by atoms with Gasteiger partial charge in [0.15, 0.2) is 0 Å². The molecule has 0 radical (unpaired) electrons. The molecule has 0 bridgehead atoms. The third-order valence-corrected chi connectivity index (χ3v) is 6.63. The van der Waals surface area contributed by atoms with Gasteiger partial charge in [0.1, 0.15) is 17.3 Å². The fourth-order valence-corrected chi connectivity index (χ4v) is 4.79. The number of nitrogens with zero attached hydrogens (tertiary/aromatic N) is 2. The monoisotopic (exact) mass is 499 g/mol. The smallest absolute Gasteiger partial charge is 0.355 e. The van der Waals surface area contributed by atoms with E-state index in [4.69, 9.17) is 4.74 Å². The number of amides is 1. The second kappa shape index (κ2) is 11.5. The van der Waals surface area contributed by atoms with E-state index in [0.29, 0.717) is 23.2 Å². The van der Waals surface area contributed by atoms with Crippen LogP contribution in [0.3, 0.4) is 0 Å². The molecule has 2 N–H and O–H groups in total. The third kappa shape index (κ3) is 5.21. The molecule has 1 atom stereocenters. The van der Waals surface area contributed by atoms with Crippen LogP contribution in [0.25, 0.3) is 5.76 Å². The molecule has 1 aliphatic rings. The van der Waals surface area contributed by atoms with Crippen molar-refractivity contribution < 1.29 is 28.6 Å². The lowest BCUT2D eigenvalue weighted by molar-refractivity contribution is -0.140. The van der Waals surface area contributed by atoms with Gasteiger partial charge < -0.3 is 24.6 Å². The summed E-state index contributed by atoms with van der Waals surface area (Å²) >= 11 is 0. The Kier molecular flexibility index (Phi) is 8.68. The molecule has 1 aromatic carbocycles. The molecule has 194 valence electrons. The maximum atomic E-state index is 14.2. The number of Topliss-reactive ketones (excluding diaryl/α,β-unsaturated/α-hetero) is 1. The predicted molar refractivity (Wildman–Crippen MR) is 134 cm³/mol. The van der Waals surface area contributed by atoms with Gasteiger partial charge in [0.25, 0.3) is 11.7 Å². The van der Waals surface area contributed by atoms with Crippen LogP contribution in [0, 0.1) is 19.7 Å². The van der Waals surface area contributed by atoms with Crippen molar-refractivity contribution in [2.24, 2.45) is 0 Å². The molecule has 2 heterocycles. The number of nitrogens with one attached hydrogen (secondary N) is 1. The highest BCUT2D eigenvalue weighted by Gasteiger charge is 2.46. The molecule has 1 aromatic heterocycles. The molecule has 1 aliphatic heterocycles. The molecule has 0 spiro atoms. The molecule has 9 heteroatoms. The van der Waals surface area contributed by atoms with Gasteiger partial charge in [-0.2, -0.15) is 0 Å². The van der Waals surface area contributed by atoms with Crippen molar-refractivity contribution in [2.75, 3.05) is 32.8 Å². The number of halogens is 1. The van der Waals surface area contributed by atoms with E-state index in [1.54, 1.807) is 26.8 Å². The van der Waals surface area contributed by atoms with Gasteiger partial charge in [0, 0.05) is 17.8 Å². The van der Waals surface area contributed by atoms with Crippen molar-refractivity contribution in [2.45, 2.75) is 47.1 Å². The van der Waals surface area contributed by atoms with Crippen LogP contribution in [0.5, 0.6) is 0 Å². The SMILES string of the molecule is CCOC(=O)c1[nH]c(C)c(C(O)=C2C(=O)C(=O)N(CCCN(CC)CC)C2c2cccc(F)c2)c1C. The Morgan fingerprint density at radius 3 is 2.50 bits per heavy atom. The zero-order chi connectivity index (χ0) is 26.6. The predicted octanol–water partition coefficient (Wildman–Crippen LogP) is 4.10. The molecule has 1 fully saturated rings. The first-order valence-electron chi connectivity index (χ1n) is 12.3. The molecule has 1 amide bonds. The Balaban J connectivity index is 2.11. The van der Waals surface area contributed by atoms with Gasteiger partial charge >= 0.3 is 5.97 Å². The lowest BCUT2D eigenvalue weighted by atomic mass is 9.94. The number of ether oxygens (including phenoxy) is 1. The van der Waals surface area contributed by atoms with E-state index in [1.165, 1.54) is 23.1 Å². The number of carbonyl (C=O) groups excluding carboxylic acids is 3. The summed E-state index contributed by atoms with van der Waals surface area (Å²) < 4.78 is 19.3. The van der Waals surface area contributed by atoms with Crippen molar-refractivity contribution in [3.8, 4) is 0 Å². The number of esters is 1. The van der Waals surface area contributed by atoms with Gasteiger partial charge in [-0.05, 0) is 70.1 Å². The second-order valence-corrected chi connectivity index (χ2v) is 8.77. The minimum atomic E-state index is -0.961. The fourth-order valence-electron chi connectivity index (χ4n) is 4.79. The standard InChI is InChI=1S/C27H34FN3O5/c1-6-30(7-2)13-10-14-31-23(18-11-9-12-19(28)15-18)21(25(33)26(31)34)24(32)20-16(4)22(29-17(20)5)27(35)36-8-3/h9,11-12,15,23,29,32H,6-8,10,13-14H2,1-5H3. The summed E-state index contributed by atoms with van der Waals surface area (Å²) in [6.07, 6.45) is 0.607. The van der Waals surface area contributed by atoms with E-state index < -0.39 is 35.3 Å². The number of aromatic nitrogens is 1. The zero-order valence-corrected chi connectivity index (χ0v) is 21.5. The Labute approximate surface area is 210 Å². The van der Waals surface area contributed by atoms with Crippen molar-refractivity contribution in [1.29, 1.82) is 0 Å². The van der Waals surface area contributed by atoms with E-state index >= 15 is 0 Å². The molecule has 36 heavy (non-hydrogen) atoms. The number of aliphatic hydroxyl groups is 1. The van der Waals surface area contributed by atoms with Crippen LogP contribution in [-0.2, 0) is 14.3 Å². The Morgan fingerprint density at radius 2 is 1.89 bits per heavy atom. The molecule has 2 aromatic rings. The largest absolute Gasteiger partial charge is 0.507 e. The first kappa shape index (κ1) is 27.1. The molecule has 8 nitrogen and oxygen atoms in total. The van der Waals surface area contributed by atoms with E-state index in [1.807, 2.05) is 0 Å². The first-order chi connectivity index (χ1) is 17.2. The summed E-state index contributed by atoms with van der Waals surface area (Å²) in [5.74, 6) is -3.10. The highest BCUT2D eigenvalue weighted by molar-refractivity contribution is 6.46. The molecule has 0 saturated carbocycles. The minimum Gasteiger partial charge on any atom is -0.507 e. The normalized spacial score (nSPS) is 17.3. The third-order valence-electron chi connectivity index (χ3n) is 6.63. The second-order valence-electron chi connectivity index (χ2n) is 8.77. The Hall–Kier alpha value is -3.46. The number of ketones is 1. The van der Waals surface area contributed by atoms with Gasteiger partial charge in [0.05, 0.1) is 18.2 Å². The number of hydrogen-bond acceptors (Lipinski definition) is 6. The minimum absolute atomic E-state index is 0.131. The van der Waals surface area contributed by atoms with Crippen molar-refractivity contribution in [3.05, 3.63) is 63.7 Å². The maximum absolute atomic E-state index is 14.2. The van der Waals surface area contributed by atoms with Gasteiger partial charge in [0.2, 0.25) is 0 Å². The Bertz CT molecular complexity index is 1180. The van der Waals surface area contributed by atoms with E-state index in [-0.39, 0.29) is 30.0 Å². The maximum Gasteiger partial charge on any atom is 0.355 e. The number of rotatable bonds is 10. The van der Waals surface area contributed by atoms with Crippen LogP contribution in [0.2, 0.25) is 0 Å². The van der Waals surface area contributed by atoms with Gasteiger partial charge in [-0.1, -0.05) is 26.0 Å². The average molecular weight is 500 g/mol. The van der Waals surface area contributed by atoms with E-state index in [9.17, 15) is 23.9 Å². The molecule has 3 rings (SSSR count). The van der Waals surface area contributed by atoms with Crippen LogP contribution >= 0.6 is 0 Å². The highest BCUT2D eigenvalue weighted by Crippen LogP contribution is 2.41. The number of aryl methyl sites for hydroxylation is 1. The number of likely N-dealkylation sites (tertiary alicyclic amines) is 1. The zero-order valence-electron chi connectivity index (χ0n) is 21.5. The molecular formula is C27H34FN3O5. The molecule has 1 unspecified atom stereocenters. The summed E-state index contributed by atoms with van der Waals surface area (Å²) in [5.41, 5.74) is 1.50. The van der Waals surface area contributed by atoms with E-state index in [0.717, 1.165) is 19.6 Å². The summed E-state index contributed by atoms with van der Waals surface area (Å²) in [7, 11) is 0. The topological polar surface area (TPSA) is 103 Å². The first-order valence-corrected chi connectivity index (χ1v) is 12.3. The van der Waals surface area contributed by atoms with Gasteiger partial charge in [-0.15, -0.1) is 0 Å².